The lowest BCUT2D eigenvalue weighted by atomic mass is 10.1. The van der Waals surface area contributed by atoms with Gasteiger partial charge < -0.3 is 9.15 Å². The van der Waals surface area contributed by atoms with Gasteiger partial charge in [-0.3, -0.25) is 0 Å². The number of carbonyl (C=O) groups is 1. The third kappa shape index (κ3) is 3.62. The summed E-state index contributed by atoms with van der Waals surface area (Å²) in [7, 11) is 0. The molecule has 0 amide bonds. The van der Waals surface area contributed by atoms with Crippen molar-refractivity contribution in [2.24, 2.45) is 0 Å². The van der Waals surface area contributed by atoms with E-state index in [1.165, 1.54) is 11.8 Å². The number of hydrogen-bond donors (Lipinski definition) is 0. The molecule has 0 unspecified atom stereocenters. The van der Waals surface area contributed by atoms with Crippen LogP contribution >= 0.6 is 11.8 Å². The number of aryl methyl sites for hydroxylation is 1. The second-order valence-corrected chi connectivity index (χ2v) is 5.80. The number of ether oxygens (including phenoxy) is 1. The topological polar surface area (TPSA) is 78.1 Å². The van der Waals surface area contributed by atoms with Crippen LogP contribution < -0.4 is 0 Å². The molecule has 24 heavy (non-hydrogen) atoms. The Bertz CT molecular complexity index is 864. The molecule has 3 aromatic rings. The van der Waals surface area contributed by atoms with Gasteiger partial charge in [0.2, 0.25) is 5.89 Å². The third-order valence-corrected chi connectivity index (χ3v) is 3.96. The van der Waals surface area contributed by atoms with Gasteiger partial charge in [0.1, 0.15) is 5.03 Å². The van der Waals surface area contributed by atoms with Crippen molar-refractivity contribution in [2.75, 3.05) is 6.26 Å². The van der Waals surface area contributed by atoms with E-state index in [0.717, 1.165) is 11.1 Å². The van der Waals surface area contributed by atoms with Crippen LogP contribution in [0.3, 0.4) is 0 Å². The first-order chi connectivity index (χ1) is 11.7. The molecule has 6 nitrogen and oxygen atoms in total. The Morgan fingerprint density at radius 2 is 2.12 bits per heavy atom. The van der Waals surface area contributed by atoms with E-state index >= 15 is 0 Å². The van der Waals surface area contributed by atoms with Crippen molar-refractivity contribution in [2.45, 2.75) is 18.6 Å². The number of esters is 1. The van der Waals surface area contributed by atoms with E-state index in [1.807, 2.05) is 37.4 Å². The van der Waals surface area contributed by atoms with Crippen LogP contribution in [0.1, 0.15) is 21.8 Å². The number of hydrogen-bond acceptors (Lipinski definition) is 7. The van der Waals surface area contributed by atoms with Crippen LogP contribution in [0.5, 0.6) is 0 Å². The summed E-state index contributed by atoms with van der Waals surface area (Å²) in [5.41, 5.74) is 2.35. The number of aromatic nitrogens is 3. The van der Waals surface area contributed by atoms with Crippen molar-refractivity contribution < 1.29 is 13.9 Å². The average Bonchev–Trinajstić information content (AvgIpc) is 3.08. The minimum atomic E-state index is -0.470. The van der Waals surface area contributed by atoms with Gasteiger partial charge in [-0.05, 0) is 37.4 Å². The monoisotopic (exact) mass is 341 g/mol. The summed E-state index contributed by atoms with van der Waals surface area (Å²) in [4.78, 5) is 16.3. The Morgan fingerprint density at radius 1 is 1.25 bits per heavy atom. The summed E-state index contributed by atoms with van der Waals surface area (Å²) < 4.78 is 10.8. The Morgan fingerprint density at radius 3 is 2.92 bits per heavy atom. The number of pyridine rings is 1. The summed E-state index contributed by atoms with van der Waals surface area (Å²) in [6.07, 6.45) is 3.49. The van der Waals surface area contributed by atoms with Gasteiger partial charge in [0, 0.05) is 11.8 Å². The number of nitrogens with zero attached hydrogens (tertiary/aromatic N) is 3. The van der Waals surface area contributed by atoms with Crippen LogP contribution in [0, 0.1) is 6.92 Å². The molecule has 0 radical (unpaired) electrons. The van der Waals surface area contributed by atoms with Crippen molar-refractivity contribution in [3.63, 3.8) is 0 Å². The van der Waals surface area contributed by atoms with Crippen LogP contribution in [0.15, 0.2) is 52.0 Å². The maximum Gasteiger partial charge on any atom is 0.341 e. The molecule has 2 heterocycles. The lowest BCUT2D eigenvalue weighted by Crippen LogP contribution is -2.07. The Hall–Kier alpha value is -2.67. The molecular weight excluding hydrogens is 326 g/mol. The number of benzene rings is 1. The molecule has 0 fully saturated rings. The molecule has 1 aromatic carbocycles. The van der Waals surface area contributed by atoms with Crippen LogP contribution in [0.25, 0.3) is 11.5 Å². The van der Waals surface area contributed by atoms with Crippen molar-refractivity contribution in [1.82, 2.24) is 15.2 Å². The van der Waals surface area contributed by atoms with Crippen LogP contribution in [0.2, 0.25) is 0 Å². The standard InChI is InChI=1S/C17H15N3O3S/c1-11-5-3-6-12(9-11)15-20-19-14(23-15)10-22-17(21)13-7-4-8-18-16(13)24-2/h3-9H,10H2,1-2H3. The number of rotatable bonds is 5. The van der Waals surface area contributed by atoms with Gasteiger partial charge in [0.05, 0.1) is 5.56 Å². The van der Waals surface area contributed by atoms with Gasteiger partial charge >= 0.3 is 5.97 Å². The molecule has 2 aromatic heterocycles. The van der Waals surface area contributed by atoms with E-state index in [2.05, 4.69) is 15.2 Å². The smallest absolute Gasteiger partial charge is 0.341 e. The molecule has 0 saturated heterocycles. The second-order valence-electron chi connectivity index (χ2n) is 5.01. The molecule has 0 bridgehead atoms. The highest BCUT2D eigenvalue weighted by atomic mass is 32.2. The van der Waals surface area contributed by atoms with E-state index in [1.54, 1.807) is 18.3 Å². The average molecular weight is 341 g/mol. The van der Waals surface area contributed by atoms with Gasteiger partial charge in [0.15, 0.2) is 6.61 Å². The minimum Gasteiger partial charge on any atom is -0.452 e. The molecular formula is C17H15N3O3S. The first-order valence-electron chi connectivity index (χ1n) is 7.23. The fourth-order valence-electron chi connectivity index (χ4n) is 2.12. The third-order valence-electron chi connectivity index (χ3n) is 3.24. The second kappa shape index (κ2) is 7.27. The maximum absolute atomic E-state index is 12.2. The fraction of sp³-hybridized carbons (Fsp3) is 0.176. The summed E-state index contributed by atoms with van der Waals surface area (Å²) in [6.45, 7) is 1.90. The number of thioether (sulfide) groups is 1. The van der Waals surface area contributed by atoms with Crippen molar-refractivity contribution in [3.05, 3.63) is 59.6 Å². The van der Waals surface area contributed by atoms with E-state index in [0.29, 0.717) is 16.5 Å². The SMILES string of the molecule is CSc1ncccc1C(=O)OCc1nnc(-c2cccc(C)c2)o1. The maximum atomic E-state index is 12.2. The van der Waals surface area contributed by atoms with Gasteiger partial charge in [-0.2, -0.15) is 0 Å². The fourth-order valence-corrected chi connectivity index (χ4v) is 2.66. The van der Waals surface area contributed by atoms with Crippen LogP contribution in [-0.4, -0.2) is 27.4 Å². The molecule has 0 aliphatic carbocycles. The molecule has 0 spiro atoms. The van der Waals surface area contributed by atoms with Crippen LogP contribution in [0.4, 0.5) is 0 Å². The Kier molecular flexibility index (Phi) is 4.90. The highest BCUT2D eigenvalue weighted by Gasteiger charge is 2.15. The first kappa shape index (κ1) is 16.2. The molecule has 0 aliphatic heterocycles. The van der Waals surface area contributed by atoms with Gasteiger partial charge in [-0.1, -0.05) is 17.7 Å². The summed E-state index contributed by atoms with van der Waals surface area (Å²) in [5.74, 6) is 0.174. The molecule has 0 aliphatic rings. The predicted octanol–water partition coefficient (Wildman–Crippen LogP) is 3.52. The highest BCUT2D eigenvalue weighted by Crippen LogP contribution is 2.20. The van der Waals surface area contributed by atoms with E-state index in [4.69, 9.17) is 9.15 Å². The lowest BCUT2D eigenvalue weighted by Gasteiger charge is -2.05. The molecule has 0 saturated carbocycles. The van der Waals surface area contributed by atoms with E-state index in [9.17, 15) is 4.79 Å². The van der Waals surface area contributed by atoms with E-state index < -0.39 is 5.97 Å². The molecule has 3 rings (SSSR count). The van der Waals surface area contributed by atoms with E-state index in [-0.39, 0.29) is 12.5 Å². The normalized spacial score (nSPS) is 10.6. The van der Waals surface area contributed by atoms with Crippen molar-refractivity contribution >= 4 is 17.7 Å². The molecule has 7 heteroatoms. The Balaban J connectivity index is 1.68. The minimum absolute atomic E-state index is 0.0830. The zero-order chi connectivity index (χ0) is 16.9. The number of carbonyl (C=O) groups excluding carboxylic acids is 1. The van der Waals surface area contributed by atoms with Crippen molar-refractivity contribution in [1.29, 1.82) is 0 Å². The quantitative estimate of drug-likeness (QED) is 0.519. The van der Waals surface area contributed by atoms with Gasteiger partial charge in [0.25, 0.3) is 5.89 Å². The summed E-state index contributed by atoms with van der Waals surface area (Å²) >= 11 is 1.38. The lowest BCUT2D eigenvalue weighted by molar-refractivity contribution is 0.0433. The predicted molar refractivity (Wildman–Crippen MR) is 89.6 cm³/mol. The highest BCUT2D eigenvalue weighted by molar-refractivity contribution is 7.98. The molecule has 0 N–H and O–H groups in total. The first-order valence-corrected chi connectivity index (χ1v) is 8.45. The zero-order valence-corrected chi connectivity index (χ0v) is 14.0. The molecule has 122 valence electrons. The Labute approximate surface area is 143 Å². The van der Waals surface area contributed by atoms with Crippen LogP contribution in [-0.2, 0) is 11.3 Å². The van der Waals surface area contributed by atoms with Gasteiger partial charge in [-0.15, -0.1) is 22.0 Å². The largest absolute Gasteiger partial charge is 0.452 e. The molecule has 0 atom stereocenters. The zero-order valence-electron chi connectivity index (χ0n) is 13.2. The summed E-state index contributed by atoms with van der Waals surface area (Å²) in [6, 6.07) is 11.1. The van der Waals surface area contributed by atoms with Gasteiger partial charge in [-0.25, -0.2) is 9.78 Å². The van der Waals surface area contributed by atoms with Crippen molar-refractivity contribution in [3.8, 4) is 11.5 Å². The summed E-state index contributed by atoms with van der Waals surface area (Å²) in [5, 5.41) is 8.52.